The normalized spacial score (nSPS) is 12.3. The molecule has 18 heavy (non-hydrogen) atoms. The van der Waals surface area contributed by atoms with Crippen molar-refractivity contribution in [1.29, 1.82) is 0 Å². The Bertz CT molecular complexity index is 461. The third kappa shape index (κ3) is 3.38. The van der Waals surface area contributed by atoms with Crippen LogP contribution in [0.2, 0.25) is 0 Å². The van der Waals surface area contributed by atoms with Crippen LogP contribution in [0.15, 0.2) is 18.2 Å². The van der Waals surface area contributed by atoms with Gasteiger partial charge in [0.15, 0.2) is 0 Å². The van der Waals surface area contributed by atoms with Gasteiger partial charge in [-0.2, -0.15) is 13.2 Å². The number of halogens is 3. The van der Waals surface area contributed by atoms with Crippen molar-refractivity contribution >= 4 is 6.09 Å². The van der Waals surface area contributed by atoms with Crippen LogP contribution in [-0.4, -0.2) is 6.09 Å². The fourth-order valence-electron chi connectivity index (χ4n) is 1.59. The molecule has 1 aromatic carbocycles. The molecule has 0 aliphatic heterocycles. The molecule has 0 aliphatic rings. The molecule has 3 nitrogen and oxygen atoms in total. The lowest BCUT2D eigenvalue weighted by atomic mass is 9.83. The number of amides is 1. The van der Waals surface area contributed by atoms with E-state index < -0.39 is 23.2 Å². The van der Waals surface area contributed by atoms with Gasteiger partial charge in [0.1, 0.15) is 5.75 Å². The van der Waals surface area contributed by atoms with Gasteiger partial charge in [0.25, 0.3) is 0 Å². The minimum atomic E-state index is -4.51. The standard InChI is InChI=1S/C12H14F3NO2/c1-11(2,3)8-5-4-7(18-10(16)17)6-9(8)12(13,14)15/h4-6H,1-3H3,(H2,16,17). The number of nitrogens with two attached hydrogens (primary N) is 1. The van der Waals surface area contributed by atoms with Crippen LogP contribution in [0.1, 0.15) is 31.9 Å². The fraction of sp³-hybridized carbons (Fsp3) is 0.417. The summed E-state index contributed by atoms with van der Waals surface area (Å²) in [4.78, 5) is 10.5. The number of carbonyl (C=O) groups is 1. The van der Waals surface area contributed by atoms with Gasteiger partial charge < -0.3 is 10.5 Å². The quantitative estimate of drug-likeness (QED) is 0.841. The van der Waals surface area contributed by atoms with Gasteiger partial charge in [0.05, 0.1) is 5.56 Å². The Hall–Kier alpha value is -1.72. The van der Waals surface area contributed by atoms with E-state index in [2.05, 4.69) is 4.74 Å². The molecule has 0 fully saturated rings. The Morgan fingerprint density at radius 2 is 1.72 bits per heavy atom. The van der Waals surface area contributed by atoms with E-state index in [9.17, 15) is 18.0 Å². The molecule has 0 spiro atoms. The maximum absolute atomic E-state index is 12.9. The molecule has 0 aromatic heterocycles. The summed E-state index contributed by atoms with van der Waals surface area (Å²) in [6.07, 6.45) is -5.66. The van der Waals surface area contributed by atoms with Crippen LogP contribution in [0.4, 0.5) is 18.0 Å². The third-order valence-electron chi connectivity index (χ3n) is 2.32. The number of alkyl halides is 3. The number of carbonyl (C=O) groups excluding carboxylic acids is 1. The van der Waals surface area contributed by atoms with Gasteiger partial charge in [-0.1, -0.05) is 26.8 Å². The van der Waals surface area contributed by atoms with E-state index in [4.69, 9.17) is 5.73 Å². The van der Waals surface area contributed by atoms with Crippen molar-refractivity contribution in [2.45, 2.75) is 32.4 Å². The third-order valence-corrected chi connectivity index (χ3v) is 2.32. The van der Waals surface area contributed by atoms with Crippen LogP contribution in [0.3, 0.4) is 0 Å². The fourth-order valence-corrected chi connectivity index (χ4v) is 1.59. The highest BCUT2D eigenvalue weighted by atomic mass is 19.4. The van der Waals surface area contributed by atoms with Crippen molar-refractivity contribution in [1.82, 2.24) is 0 Å². The van der Waals surface area contributed by atoms with Crippen LogP contribution >= 0.6 is 0 Å². The molecule has 1 aromatic rings. The highest BCUT2D eigenvalue weighted by Gasteiger charge is 2.36. The summed E-state index contributed by atoms with van der Waals surface area (Å²) in [6.45, 7) is 5.02. The predicted molar refractivity (Wildman–Crippen MR) is 60.4 cm³/mol. The largest absolute Gasteiger partial charge is 0.416 e. The first kappa shape index (κ1) is 14.3. The van der Waals surface area contributed by atoms with Crippen molar-refractivity contribution in [2.75, 3.05) is 0 Å². The summed E-state index contributed by atoms with van der Waals surface area (Å²) < 4.78 is 43.2. The van der Waals surface area contributed by atoms with Crippen LogP contribution in [0, 0.1) is 0 Å². The molecule has 100 valence electrons. The van der Waals surface area contributed by atoms with E-state index in [1.165, 1.54) is 12.1 Å². The molecule has 0 aliphatic carbocycles. The maximum Gasteiger partial charge on any atom is 0.416 e. The minimum Gasteiger partial charge on any atom is -0.410 e. The van der Waals surface area contributed by atoms with Crippen LogP contribution < -0.4 is 10.5 Å². The molecule has 0 unspecified atom stereocenters. The Balaban J connectivity index is 3.35. The van der Waals surface area contributed by atoms with Crippen molar-refractivity contribution < 1.29 is 22.7 Å². The summed E-state index contributed by atoms with van der Waals surface area (Å²) in [5, 5.41) is 0. The lowest BCUT2D eigenvalue weighted by Gasteiger charge is -2.24. The second-order valence-corrected chi connectivity index (χ2v) is 4.88. The molecule has 1 amide bonds. The van der Waals surface area contributed by atoms with Crippen LogP contribution in [0.25, 0.3) is 0 Å². The molecule has 0 atom stereocenters. The molecule has 0 radical (unpaired) electrons. The number of ether oxygens (including phenoxy) is 1. The summed E-state index contributed by atoms with van der Waals surface area (Å²) in [7, 11) is 0. The molecular weight excluding hydrogens is 247 g/mol. The van der Waals surface area contributed by atoms with E-state index >= 15 is 0 Å². The molecule has 0 saturated heterocycles. The van der Waals surface area contributed by atoms with E-state index in [0.29, 0.717) is 0 Å². The van der Waals surface area contributed by atoms with E-state index in [1.807, 2.05) is 0 Å². The maximum atomic E-state index is 12.9. The highest BCUT2D eigenvalue weighted by Crippen LogP contribution is 2.39. The first-order valence-electron chi connectivity index (χ1n) is 5.21. The lowest BCUT2D eigenvalue weighted by molar-refractivity contribution is -0.138. The Morgan fingerprint density at radius 1 is 1.17 bits per heavy atom. The predicted octanol–water partition coefficient (Wildman–Crippen LogP) is 3.46. The molecule has 6 heteroatoms. The van der Waals surface area contributed by atoms with E-state index in [-0.39, 0.29) is 11.3 Å². The molecule has 0 heterocycles. The van der Waals surface area contributed by atoms with Crippen molar-refractivity contribution in [3.05, 3.63) is 29.3 Å². The van der Waals surface area contributed by atoms with Crippen molar-refractivity contribution in [3.8, 4) is 5.75 Å². The number of primary amides is 1. The average Bonchev–Trinajstić information content (AvgIpc) is 2.13. The zero-order valence-electron chi connectivity index (χ0n) is 10.3. The summed E-state index contributed by atoms with van der Waals surface area (Å²) >= 11 is 0. The summed E-state index contributed by atoms with van der Waals surface area (Å²) in [5.41, 5.74) is 3.40. The number of rotatable bonds is 1. The van der Waals surface area contributed by atoms with Gasteiger partial charge in [-0.25, -0.2) is 4.79 Å². The monoisotopic (exact) mass is 261 g/mol. The van der Waals surface area contributed by atoms with Gasteiger partial charge in [0.2, 0.25) is 0 Å². The lowest BCUT2D eigenvalue weighted by Crippen LogP contribution is -2.21. The van der Waals surface area contributed by atoms with Crippen molar-refractivity contribution in [3.63, 3.8) is 0 Å². The highest BCUT2D eigenvalue weighted by molar-refractivity contribution is 5.68. The van der Waals surface area contributed by atoms with Gasteiger partial charge >= 0.3 is 12.3 Å². The van der Waals surface area contributed by atoms with Crippen LogP contribution in [-0.2, 0) is 11.6 Å². The molecule has 0 bridgehead atoms. The minimum absolute atomic E-state index is 0.131. The van der Waals surface area contributed by atoms with E-state index in [1.54, 1.807) is 20.8 Å². The second-order valence-electron chi connectivity index (χ2n) is 4.88. The first-order valence-corrected chi connectivity index (χ1v) is 5.21. The molecule has 1 rings (SSSR count). The van der Waals surface area contributed by atoms with Gasteiger partial charge in [-0.3, -0.25) is 0 Å². The first-order chi connectivity index (χ1) is 8.01. The molecule has 2 N–H and O–H groups in total. The van der Waals surface area contributed by atoms with Gasteiger partial charge in [-0.15, -0.1) is 0 Å². The smallest absolute Gasteiger partial charge is 0.410 e. The zero-order chi connectivity index (χ0) is 14.1. The number of hydrogen-bond donors (Lipinski definition) is 1. The average molecular weight is 261 g/mol. The number of hydrogen-bond acceptors (Lipinski definition) is 2. The SMILES string of the molecule is CC(C)(C)c1ccc(OC(N)=O)cc1C(F)(F)F. The zero-order valence-corrected chi connectivity index (χ0v) is 10.3. The Kier molecular flexibility index (Phi) is 3.59. The molecule has 0 saturated carbocycles. The topological polar surface area (TPSA) is 52.3 Å². The summed E-state index contributed by atoms with van der Waals surface area (Å²) in [6, 6.07) is 3.37. The van der Waals surface area contributed by atoms with Gasteiger partial charge in [0, 0.05) is 0 Å². The summed E-state index contributed by atoms with van der Waals surface area (Å²) in [5.74, 6) is -0.220. The van der Waals surface area contributed by atoms with Gasteiger partial charge in [-0.05, 0) is 23.1 Å². The van der Waals surface area contributed by atoms with Crippen LogP contribution in [0.5, 0.6) is 5.75 Å². The second kappa shape index (κ2) is 4.51. The number of benzene rings is 1. The van der Waals surface area contributed by atoms with E-state index in [0.717, 1.165) is 6.07 Å². The van der Waals surface area contributed by atoms with Crippen molar-refractivity contribution in [2.24, 2.45) is 5.73 Å². The Morgan fingerprint density at radius 3 is 2.11 bits per heavy atom. The Labute approximate surface area is 103 Å². The molecular formula is C12H14F3NO2.